The van der Waals surface area contributed by atoms with E-state index in [2.05, 4.69) is 15.3 Å². The Balaban J connectivity index is 1.65. The first kappa shape index (κ1) is 18.9. The maximum absolute atomic E-state index is 12.9. The van der Waals surface area contributed by atoms with Gasteiger partial charge in [-0.05, 0) is 36.6 Å². The number of nitrogens with zero attached hydrogens (tertiary/aromatic N) is 2. The molecule has 1 aliphatic rings. The van der Waals surface area contributed by atoms with Crippen LogP contribution >= 0.6 is 0 Å². The number of primary amides is 1. The lowest BCUT2D eigenvalue weighted by Gasteiger charge is -2.35. The molecule has 2 heterocycles. The van der Waals surface area contributed by atoms with E-state index in [0.29, 0.717) is 29.6 Å². The first-order chi connectivity index (χ1) is 13.9. The zero-order valence-electron chi connectivity index (χ0n) is 16.2. The smallest absolute Gasteiger partial charge is 0.327 e. The lowest BCUT2D eigenvalue weighted by molar-refractivity contribution is -0.125. The summed E-state index contributed by atoms with van der Waals surface area (Å²) in [6.45, 7) is 0. The molecule has 0 saturated heterocycles. The molecule has 29 heavy (non-hydrogen) atoms. The van der Waals surface area contributed by atoms with Crippen molar-refractivity contribution in [3.63, 3.8) is 0 Å². The summed E-state index contributed by atoms with van der Waals surface area (Å²) in [5, 5.41) is 2.89. The third-order valence-electron chi connectivity index (χ3n) is 5.75. The van der Waals surface area contributed by atoms with E-state index < -0.39 is 11.4 Å². The monoisotopic (exact) mass is 393 g/mol. The van der Waals surface area contributed by atoms with Crippen molar-refractivity contribution in [3.05, 3.63) is 52.6 Å². The molecular weight excluding hydrogens is 370 g/mol. The third-order valence-corrected chi connectivity index (χ3v) is 5.75. The number of imidazole rings is 1. The van der Waals surface area contributed by atoms with Crippen molar-refractivity contribution in [1.82, 2.24) is 19.9 Å². The van der Waals surface area contributed by atoms with Gasteiger partial charge < -0.3 is 11.1 Å². The molecule has 0 radical (unpaired) electrons. The average molecular weight is 393 g/mol. The van der Waals surface area contributed by atoms with Gasteiger partial charge in [-0.3, -0.25) is 19.1 Å². The number of aromatic amines is 1. The Morgan fingerprint density at radius 2 is 1.93 bits per heavy atom. The van der Waals surface area contributed by atoms with Gasteiger partial charge in [0, 0.05) is 24.4 Å². The highest BCUT2D eigenvalue weighted by atomic mass is 16.2. The van der Waals surface area contributed by atoms with Crippen molar-refractivity contribution in [2.75, 3.05) is 0 Å². The summed E-state index contributed by atoms with van der Waals surface area (Å²) < 4.78 is 1.49. The van der Waals surface area contributed by atoms with Crippen LogP contribution in [0.1, 0.15) is 42.5 Å². The Morgan fingerprint density at radius 1 is 1.17 bits per heavy atom. The molecule has 2 amide bonds. The third kappa shape index (κ3) is 3.41. The molecule has 0 bridgehead atoms. The van der Waals surface area contributed by atoms with Crippen LogP contribution in [0.25, 0.3) is 22.3 Å². The van der Waals surface area contributed by atoms with E-state index in [1.807, 2.05) is 12.1 Å². The second-order valence-electron chi connectivity index (χ2n) is 7.62. The van der Waals surface area contributed by atoms with Crippen LogP contribution in [0.2, 0.25) is 0 Å². The Hall–Kier alpha value is -3.42. The number of hydrogen-bond acceptors (Lipinski definition) is 4. The van der Waals surface area contributed by atoms with Crippen molar-refractivity contribution in [2.45, 2.75) is 37.6 Å². The second-order valence-corrected chi connectivity index (χ2v) is 7.62. The largest absolute Gasteiger partial charge is 0.368 e. The average Bonchev–Trinajstić information content (AvgIpc) is 3.02. The number of fused-ring (bicyclic) bond motifs is 1. The van der Waals surface area contributed by atoms with Crippen LogP contribution in [0, 0.1) is 0 Å². The fraction of sp³-hybridized carbons (Fsp3) is 0.333. The maximum atomic E-state index is 12.9. The Kier molecular flexibility index (Phi) is 4.70. The molecule has 1 fully saturated rings. The highest BCUT2D eigenvalue weighted by molar-refractivity contribution is 5.99. The number of amides is 2. The van der Waals surface area contributed by atoms with Gasteiger partial charge in [0.1, 0.15) is 5.54 Å². The van der Waals surface area contributed by atoms with Gasteiger partial charge in [-0.2, -0.15) is 0 Å². The molecule has 4 rings (SSSR count). The van der Waals surface area contributed by atoms with Crippen molar-refractivity contribution >= 4 is 23.0 Å². The van der Waals surface area contributed by atoms with Crippen molar-refractivity contribution in [1.29, 1.82) is 0 Å². The first-order valence-corrected chi connectivity index (χ1v) is 9.67. The second kappa shape index (κ2) is 7.20. The maximum Gasteiger partial charge on any atom is 0.327 e. The Labute approximate surface area is 167 Å². The fourth-order valence-electron chi connectivity index (χ4n) is 3.98. The number of rotatable bonds is 4. The van der Waals surface area contributed by atoms with Crippen LogP contribution in [0.3, 0.4) is 0 Å². The highest BCUT2D eigenvalue weighted by Crippen LogP contribution is 2.29. The van der Waals surface area contributed by atoms with E-state index in [1.54, 1.807) is 31.4 Å². The normalized spacial score (nSPS) is 15.9. The minimum Gasteiger partial charge on any atom is -0.368 e. The van der Waals surface area contributed by atoms with Crippen LogP contribution in [-0.2, 0) is 11.8 Å². The summed E-state index contributed by atoms with van der Waals surface area (Å²) >= 11 is 0. The number of aromatic nitrogens is 3. The van der Waals surface area contributed by atoms with Gasteiger partial charge in [0.2, 0.25) is 5.91 Å². The molecule has 1 aliphatic carbocycles. The first-order valence-electron chi connectivity index (χ1n) is 9.67. The molecule has 0 spiro atoms. The molecule has 8 nitrogen and oxygen atoms in total. The topological polar surface area (TPSA) is 123 Å². The molecule has 0 atom stereocenters. The Bertz CT molecular complexity index is 1150. The molecule has 3 aromatic rings. The summed E-state index contributed by atoms with van der Waals surface area (Å²) in [5.74, 6) is -0.805. The molecule has 2 aromatic heterocycles. The number of aryl methyl sites for hydroxylation is 1. The molecule has 150 valence electrons. The fourth-order valence-corrected chi connectivity index (χ4v) is 3.98. The molecule has 4 N–H and O–H groups in total. The highest BCUT2D eigenvalue weighted by Gasteiger charge is 2.39. The molecule has 1 aromatic carbocycles. The van der Waals surface area contributed by atoms with Crippen LogP contribution in [0.4, 0.5) is 0 Å². The van der Waals surface area contributed by atoms with E-state index in [1.165, 1.54) is 4.57 Å². The summed E-state index contributed by atoms with van der Waals surface area (Å²) in [5.41, 5.74) is 7.61. The van der Waals surface area contributed by atoms with Gasteiger partial charge in [0.25, 0.3) is 5.91 Å². The number of carbonyl (C=O) groups is 2. The van der Waals surface area contributed by atoms with Gasteiger partial charge >= 0.3 is 5.69 Å². The number of carbonyl (C=O) groups excluding carboxylic acids is 2. The summed E-state index contributed by atoms with van der Waals surface area (Å²) in [4.78, 5) is 43.7. The van der Waals surface area contributed by atoms with E-state index in [4.69, 9.17) is 5.73 Å². The van der Waals surface area contributed by atoms with Crippen LogP contribution in [0.5, 0.6) is 0 Å². The predicted molar refractivity (Wildman–Crippen MR) is 109 cm³/mol. The van der Waals surface area contributed by atoms with E-state index in [0.717, 1.165) is 30.4 Å². The summed E-state index contributed by atoms with van der Waals surface area (Å²) in [7, 11) is 1.67. The number of pyridine rings is 1. The number of nitrogens with one attached hydrogen (secondary N) is 2. The van der Waals surface area contributed by atoms with Gasteiger partial charge in [0.15, 0.2) is 5.65 Å². The van der Waals surface area contributed by atoms with Crippen LogP contribution in [0.15, 0.2) is 41.3 Å². The standard InChI is InChI=1S/C21H23N5O3/c1-26-16-11-15(12-23-17(16)24-20(26)29)13-6-5-7-14(10-13)18(27)25-21(19(22)28)8-3-2-4-9-21/h5-7,10-12H,2-4,8-9H2,1H3,(H2,22,28)(H,25,27)(H,23,24,29). The summed E-state index contributed by atoms with van der Waals surface area (Å²) in [6, 6.07) is 8.95. The zero-order valence-corrected chi connectivity index (χ0v) is 16.2. The van der Waals surface area contributed by atoms with Gasteiger partial charge in [-0.1, -0.05) is 31.4 Å². The predicted octanol–water partition coefficient (Wildman–Crippen LogP) is 1.85. The zero-order chi connectivity index (χ0) is 20.6. The van der Waals surface area contributed by atoms with Crippen molar-refractivity contribution in [3.8, 4) is 11.1 Å². The van der Waals surface area contributed by atoms with Crippen LogP contribution in [-0.4, -0.2) is 31.9 Å². The lowest BCUT2D eigenvalue weighted by atomic mass is 9.81. The molecule has 0 unspecified atom stereocenters. The number of benzene rings is 1. The molecular formula is C21H23N5O3. The summed E-state index contributed by atoms with van der Waals surface area (Å²) in [6.07, 6.45) is 5.55. The number of nitrogens with two attached hydrogens (primary N) is 1. The van der Waals surface area contributed by atoms with Gasteiger partial charge in [-0.15, -0.1) is 0 Å². The van der Waals surface area contributed by atoms with E-state index >= 15 is 0 Å². The van der Waals surface area contributed by atoms with Gasteiger partial charge in [0.05, 0.1) is 5.52 Å². The Morgan fingerprint density at radius 3 is 2.66 bits per heavy atom. The van der Waals surface area contributed by atoms with Crippen molar-refractivity contribution in [2.24, 2.45) is 12.8 Å². The lowest BCUT2D eigenvalue weighted by Crippen LogP contribution is -2.58. The minimum atomic E-state index is -0.977. The van der Waals surface area contributed by atoms with E-state index in [-0.39, 0.29) is 11.6 Å². The minimum absolute atomic E-state index is 0.234. The van der Waals surface area contributed by atoms with E-state index in [9.17, 15) is 14.4 Å². The molecule has 0 aliphatic heterocycles. The number of hydrogen-bond donors (Lipinski definition) is 3. The molecule has 1 saturated carbocycles. The molecule has 8 heteroatoms. The quantitative estimate of drug-likeness (QED) is 0.626. The van der Waals surface area contributed by atoms with Crippen molar-refractivity contribution < 1.29 is 9.59 Å². The van der Waals surface area contributed by atoms with Crippen LogP contribution < -0.4 is 16.7 Å². The SMILES string of the molecule is Cn1c(=O)[nH]c2ncc(-c3cccc(C(=O)NC4(C(N)=O)CCCCC4)c3)cc21. The van der Waals surface area contributed by atoms with Gasteiger partial charge in [-0.25, -0.2) is 9.78 Å². The number of H-pyrrole nitrogens is 1.